The first-order valence-corrected chi connectivity index (χ1v) is 6.74. The van der Waals surface area contributed by atoms with Crippen molar-refractivity contribution in [3.8, 4) is 0 Å². The van der Waals surface area contributed by atoms with Crippen molar-refractivity contribution in [3.63, 3.8) is 0 Å². The highest BCUT2D eigenvalue weighted by atomic mass is 16.5. The lowest BCUT2D eigenvalue weighted by atomic mass is 10.1. The van der Waals surface area contributed by atoms with Gasteiger partial charge in [0.05, 0.1) is 12.7 Å². The molecule has 0 bridgehead atoms. The number of rotatable bonds is 2. The summed E-state index contributed by atoms with van der Waals surface area (Å²) in [4.78, 5) is 6.87. The molecule has 2 N–H and O–H groups in total. The fourth-order valence-electron chi connectivity index (χ4n) is 2.71. The molecule has 3 rings (SSSR count). The number of nitrogens with one attached hydrogen (secondary N) is 2. The van der Waals surface area contributed by atoms with E-state index in [1.165, 1.54) is 0 Å². The Kier molecular flexibility index (Phi) is 3.22. The van der Waals surface area contributed by atoms with Crippen molar-refractivity contribution in [3.05, 3.63) is 5.82 Å². The summed E-state index contributed by atoms with van der Waals surface area (Å²) in [5.41, 5.74) is 0. The minimum atomic E-state index is 0.336. The van der Waals surface area contributed by atoms with Crippen molar-refractivity contribution < 1.29 is 4.74 Å². The van der Waals surface area contributed by atoms with Gasteiger partial charge in [0.1, 0.15) is 5.82 Å². The molecular weight excluding hydrogens is 230 g/mol. The van der Waals surface area contributed by atoms with Crippen molar-refractivity contribution in [2.75, 3.05) is 31.1 Å². The molecule has 1 aromatic rings. The van der Waals surface area contributed by atoms with Gasteiger partial charge in [0, 0.05) is 31.6 Å². The van der Waals surface area contributed by atoms with Gasteiger partial charge in [-0.15, -0.1) is 5.10 Å². The van der Waals surface area contributed by atoms with Gasteiger partial charge in [0.25, 0.3) is 0 Å². The van der Waals surface area contributed by atoms with Crippen LogP contribution in [0.25, 0.3) is 0 Å². The summed E-state index contributed by atoms with van der Waals surface area (Å²) in [6, 6.07) is 0.496. The van der Waals surface area contributed by atoms with E-state index in [-0.39, 0.29) is 0 Å². The van der Waals surface area contributed by atoms with Gasteiger partial charge >= 0.3 is 0 Å². The second-order valence-electron chi connectivity index (χ2n) is 5.40. The molecule has 0 aromatic carbocycles. The Labute approximate surface area is 107 Å². The second-order valence-corrected chi connectivity index (χ2v) is 5.40. The van der Waals surface area contributed by atoms with Gasteiger partial charge in [-0.1, -0.05) is 0 Å². The number of hydrogen-bond acceptors (Lipinski definition) is 5. The number of nitrogens with zero attached hydrogens (tertiary/aromatic N) is 3. The molecule has 3 heterocycles. The van der Waals surface area contributed by atoms with Crippen molar-refractivity contribution in [1.82, 2.24) is 20.5 Å². The number of hydrogen-bond donors (Lipinski definition) is 2. The van der Waals surface area contributed by atoms with Crippen LogP contribution in [-0.2, 0) is 4.74 Å². The van der Waals surface area contributed by atoms with Gasteiger partial charge < -0.3 is 15.0 Å². The van der Waals surface area contributed by atoms with E-state index in [0.717, 1.165) is 44.4 Å². The summed E-state index contributed by atoms with van der Waals surface area (Å²) in [5, 5.41) is 10.8. The van der Waals surface area contributed by atoms with E-state index >= 15 is 0 Å². The fourth-order valence-corrected chi connectivity index (χ4v) is 2.71. The summed E-state index contributed by atoms with van der Waals surface area (Å²) in [5.74, 6) is 2.18. The maximum Gasteiger partial charge on any atom is 0.244 e. The van der Waals surface area contributed by atoms with Crippen LogP contribution in [0.3, 0.4) is 0 Å². The van der Waals surface area contributed by atoms with E-state index in [2.05, 4.69) is 39.2 Å². The summed E-state index contributed by atoms with van der Waals surface area (Å²) in [7, 11) is 0. The lowest BCUT2D eigenvalue weighted by Gasteiger charge is -2.30. The summed E-state index contributed by atoms with van der Waals surface area (Å²) < 4.78 is 5.58. The van der Waals surface area contributed by atoms with E-state index in [1.54, 1.807) is 0 Å². The highest BCUT2D eigenvalue weighted by Crippen LogP contribution is 2.27. The Hall–Kier alpha value is -1.14. The van der Waals surface area contributed by atoms with E-state index < -0.39 is 0 Å². The predicted molar refractivity (Wildman–Crippen MR) is 68.8 cm³/mol. The van der Waals surface area contributed by atoms with Crippen LogP contribution in [0.2, 0.25) is 0 Å². The van der Waals surface area contributed by atoms with Crippen LogP contribution in [-0.4, -0.2) is 53.6 Å². The Morgan fingerprint density at radius 2 is 2.28 bits per heavy atom. The van der Waals surface area contributed by atoms with E-state index in [0.29, 0.717) is 18.1 Å². The Bertz CT molecular complexity index is 407. The van der Waals surface area contributed by atoms with Crippen LogP contribution in [0.4, 0.5) is 5.95 Å². The normalized spacial score (nSPS) is 33.0. The summed E-state index contributed by atoms with van der Waals surface area (Å²) >= 11 is 0. The zero-order valence-electron chi connectivity index (χ0n) is 11.0. The van der Waals surface area contributed by atoms with Crippen molar-refractivity contribution >= 4 is 5.95 Å². The number of anilines is 1. The first kappa shape index (κ1) is 11.9. The number of ether oxygens (including phenoxy) is 1. The van der Waals surface area contributed by atoms with Gasteiger partial charge in [0.2, 0.25) is 5.95 Å². The third kappa shape index (κ3) is 2.35. The minimum Gasteiger partial charge on any atom is -0.378 e. The van der Waals surface area contributed by atoms with Gasteiger partial charge in [-0.3, -0.25) is 5.10 Å². The van der Waals surface area contributed by atoms with Crippen molar-refractivity contribution in [2.45, 2.75) is 38.3 Å². The lowest BCUT2D eigenvalue weighted by molar-refractivity contribution is 0.123. The second kappa shape index (κ2) is 4.85. The molecule has 6 nitrogen and oxygen atoms in total. The first-order chi connectivity index (χ1) is 8.72. The maximum atomic E-state index is 5.58. The van der Waals surface area contributed by atoms with Gasteiger partial charge in [0.15, 0.2) is 0 Å². The first-order valence-electron chi connectivity index (χ1n) is 6.74. The lowest BCUT2D eigenvalue weighted by Crippen LogP contribution is -2.49. The van der Waals surface area contributed by atoms with Crippen LogP contribution >= 0.6 is 0 Å². The molecule has 2 fully saturated rings. The topological polar surface area (TPSA) is 66.1 Å². The monoisotopic (exact) mass is 251 g/mol. The SMILES string of the molecule is CC1CC(c2nc(N3CCN[C@@H](C)C3)n[nH]2)CO1. The molecule has 100 valence electrons. The highest BCUT2D eigenvalue weighted by Gasteiger charge is 2.27. The number of aromatic nitrogens is 3. The van der Waals surface area contributed by atoms with Crippen molar-refractivity contribution in [2.24, 2.45) is 0 Å². The molecule has 0 aliphatic carbocycles. The van der Waals surface area contributed by atoms with Gasteiger partial charge in [-0.05, 0) is 20.3 Å². The van der Waals surface area contributed by atoms with Gasteiger partial charge in [-0.2, -0.15) is 4.98 Å². The molecule has 0 saturated carbocycles. The average Bonchev–Trinajstić information content (AvgIpc) is 2.97. The Morgan fingerprint density at radius 3 is 3.00 bits per heavy atom. The quantitative estimate of drug-likeness (QED) is 0.801. The molecule has 0 amide bonds. The standard InChI is InChI=1S/C12H21N5O/c1-8-6-17(4-3-13-8)12-14-11(15-16-12)10-5-9(2)18-7-10/h8-10,13H,3-7H2,1-2H3,(H,14,15,16)/t8-,9?,10?/m0/s1. The Morgan fingerprint density at radius 1 is 1.39 bits per heavy atom. The van der Waals surface area contributed by atoms with Crippen LogP contribution in [0.5, 0.6) is 0 Å². The summed E-state index contributed by atoms with van der Waals surface area (Å²) in [6.07, 6.45) is 1.37. The highest BCUT2D eigenvalue weighted by molar-refractivity contribution is 5.30. The van der Waals surface area contributed by atoms with Crippen LogP contribution < -0.4 is 10.2 Å². The predicted octanol–water partition coefficient (Wildman–Crippen LogP) is 0.495. The van der Waals surface area contributed by atoms with Crippen molar-refractivity contribution in [1.29, 1.82) is 0 Å². The number of aromatic amines is 1. The smallest absolute Gasteiger partial charge is 0.244 e. The largest absolute Gasteiger partial charge is 0.378 e. The molecule has 18 heavy (non-hydrogen) atoms. The molecule has 2 aliphatic heterocycles. The average molecular weight is 251 g/mol. The molecule has 1 aromatic heterocycles. The van der Waals surface area contributed by atoms with E-state index in [4.69, 9.17) is 4.74 Å². The fraction of sp³-hybridized carbons (Fsp3) is 0.833. The molecule has 6 heteroatoms. The molecular formula is C12H21N5O. The van der Waals surface area contributed by atoms with E-state index in [9.17, 15) is 0 Å². The maximum absolute atomic E-state index is 5.58. The van der Waals surface area contributed by atoms with Gasteiger partial charge in [-0.25, -0.2) is 0 Å². The third-order valence-corrected chi connectivity index (χ3v) is 3.73. The van der Waals surface area contributed by atoms with Crippen LogP contribution in [0.1, 0.15) is 32.0 Å². The van der Waals surface area contributed by atoms with Crippen LogP contribution in [0, 0.1) is 0 Å². The molecule has 0 spiro atoms. The molecule has 2 unspecified atom stereocenters. The molecule has 2 aliphatic rings. The minimum absolute atomic E-state index is 0.336. The summed E-state index contributed by atoms with van der Waals surface area (Å²) in [6.45, 7) is 7.98. The van der Waals surface area contributed by atoms with Crippen LogP contribution in [0.15, 0.2) is 0 Å². The molecule has 0 radical (unpaired) electrons. The zero-order chi connectivity index (χ0) is 12.5. The number of piperazine rings is 1. The number of H-pyrrole nitrogens is 1. The third-order valence-electron chi connectivity index (χ3n) is 3.73. The molecule has 3 atom stereocenters. The Balaban J connectivity index is 1.69. The zero-order valence-corrected chi connectivity index (χ0v) is 11.0. The van der Waals surface area contributed by atoms with E-state index in [1.807, 2.05) is 0 Å². The molecule has 2 saturated heterocycles.